The Morgan fingerprint density at radius 2 is 1.88 bits per heavy atom. The molecule has 0 aromatic heterocycles. The Bertz CT molecular complexity index is 284. The first kappa shape index (κ1) is 11.5. The molecule has 3 nitrogen and oxygen atoms in total. The summed E-state index contributed by atoms with van der Waals surface area (Å²) in [5.41, 5.74) is 0. The third-order valence-electron chi connectivity index (χ3n) is 4.35. The second kappa shape index (κ2) is 4.97. The summed E-state index contributed by atoms with van der Waals surface area (Å²) < 4.78 is 0. The molecule has 0 aromatic carbocycles. The quantitative estimate of drug-likeness (QED) is 0.787. The molecule has 3 heteroatoms. The average Bonchev–Trinajstić information content (AvgIpc) is 3.20. The van der Waals surface area contributed by atoms with E-state index >= 15 is 0 Å². The molecule has 1 atom stereocenters. The lowest BCUT2D eigenvalue weighted by atomic mass is 9.97. The van der Waals surface area contributed by atoms with Crippen LogP contribution >= 0.6 is 0 Å². The van der Waals surface area contributed by atoms with Crippen molar-refractivity contribution in [1.82, 2.24) is 10.2 Å². The van der Waals surface area contributed by atoms with E-state index in [4.69, 9.17) is 0 Å². The number of rotatable bonds is 5. The predicted molar refractivity (Wildman–Crippen MR) is 67.6 cm³/mol. The maximum absolute atomic E-state index is 12.0. The lowest BCUT2D eigenvalue weighted by Crippen LogP contribution is -2.44. The van der Waals surface area contributed by atoms with Crippen LogP contribution in [-0.2, 0) is 4.79 Å². The third-order valence-corrected chi connectivity index (χ3v) is 4.35. The zero-order valence-corrected chi connectivity index (χ0v) is 10.7. The van der Waals surface area contributed by atoms with Crippen molar-refractivity contribution in [2.45, 2.75) is 38.5 Å². The highest BCUT2D eigenvalue weighted by Crippen LogP contribution is 2.31. The summed E-state index contributed by atoms with van der Waals surface area (Å²) in [5.74, 6) is 2.33. The molecule has 3 aliphatic rings. The number of nitrogens with zero attached hydrogens (tertiary/aromatic N) is 1. The van der Waals surface area contributed by atoms with Crippen molar-refractivity contribution < 1.29 is 4.79 Å². The van der Waals surface area contributed by atoms with Gasteiger partial charge < -0.3 is 10.2 Å². The van der Waals surface area contributed by atoms with Crippen LogP contribution in [0.15, 0.2) is 0 Å². The van der Waals surface area contributed by atoms with Crippen LogP contribution in [0.5, 0.6) is 0 Å². The Kier molecular flexibility index (Phi) is 3.37. The number of carbonyl (C=O) groups excluding carboxylic acids is 1. The summed E-state index contributed by atoms with van der Waals surface area (Å²) >= 11 is 0. The number of carbonyl (C=O) groups is 1. The molecule has 1 N–H and O–H groups in total. The molecule has 1 heterocycles. The van der Waals surface area contributed by atoms with E-state index in [-0.39, 0.29) is 5.92 Å². The van der Waals surface area contributed by atoms with Crippen molar-refractivity contribution in [2.75, 3.05) is 26.2 Å². The van der Waals surface area contributed by atoms with Crippen molar-refractivity contribution in [2.24, 2.45) is 17.8 Å². The minimum atomic E-state index is 0.265. The molecule has 3 rings (SSSR count). The minimum Gasteiger partial charge on any atom is -0.356 e. The predicted octanol–water partition coefficient (Wildman–Crippen LogP) is 1.63. The normalized spacial score (nSPS) is 30.2. The van der Waals surface area contributed by atoms with Crippen LogP contribution in [0.2, 0.25) is 0 Å². The Morgan fingerprint density at radius 1 is 1.12 bits per heavy atom. The van der Waals surface area contributed by atoms with Gasteiger partial charge >= 0.3 is 0 Å². The largest absolute Gasteiger partial charge is 0.356 e. The minimum absolute atomic E-state index is 0.265. The Hall–Kier alpha value is -0.570. The Morgan fingerprint density at radius 3 is 2.59 bits per heavy atom. The highest BCUT2D eigenvalue weighted by atomic mass is 16.1. The monoisotopic (exact) mass is 236 g/mol. The highest BCUT2D eigenvalue weighted by Gasteiger charge is 2.31. The summed E-state index contributed by atoms with van der Waals surface area (Å²) in [7, 11) is 0. The second-order valence-electron chi connectivity index (χ2n) is 6.23. The van der Waals surface area contributed by atoms with E-state index in [2.05, 4.69) is 10.2 Å². The number of hydrogen-bond donors (Lipinski definition) is 1. The molecule has 0 bridgehead atoms. The summed E-state index contributed by atoms with van der Waals surface area (Å²) in [6, 6.07) is 0. The van der Waals surface area contributed by atoms with Gasteiger partial charge in [0.2, 0.25) is 5.91 Å². The summed E-state index contributed by atoms with van der Waals surface area (Å²) in [4.78, 5) is 14.6. The van der Waals surface area contributed by atoms with Gasteiger partial charge in [0.25, 0.3) is 0 Å². The molecule has 2 saturated carbocycles. The number of nitrogens with one attached hydrogen (secondary N) is 1. The molecule has 3 fully saturated rings. The van der Waals surface area contributed by atoms with Crippen LogP contribution in [0.25, 0.3) is 0 Å². The Balaban J connectivity index is 1.42. The number of hydrogen-bond acceptors (Lipinski definition) is 2. The fourth-order valence-electron chi connectivity index (χ4n) is 2.81. The maximum Gasteiger partial charge on any atom is 0.224 e. The van der Waals surface area contributed by atoms with Crippen LogP contribution < -0.4 is 5.32 Å². The van der Waals surface area contributed by atoms with Gasteiger partial charge in [0.1, 0.15) is 0 Å². The van der Waals surface area contributed by atoms with Crippen molar-refractivity contribution in [3.63, 3.8) is 0 Å². The van der Waals surface area contributed by atoms with Crippen LogP contribution in [0.3, 0.4) is 0 Å². The van der Waals surface area contributed by atoms with Gasteiger partial charge in [-0.3, -0.25) is 4.79 Å². The fraction of sp³-hybridized carbons (Fsp3) is 0.929. The SMILES string of the molecule is O=C(NCC1CC1)C1CCCN(CC2CC2)C1. The molecule has 0 spiro atoms. The van der Waals surface area contributed by atoms with Gasteiger partial charge in [0.15, 0.2) is 0 Å². The van der Waals surface area contributed by atoms with Crippen molar-refractivity contribution in [3.8, 4) is 0 Å². The van der Waals surface area contributed by atoms with E-state index < -0.39 is 0 Å². The van der Waals surface area contributed by atoms with Gasteiger partial charge in [-0.1, -0.05) is 0 Å². The third kappa shape index (κ3) is 3.44. The second-order valence-corrected chi connectivity index (χ2v) is 6.23. The molecule has 0 aromatic rings. The first-order valence-electron chi connectivity index (χ1n) is 7.31. The molecular weight excluding hydrogens is 212 g/mol. The fourth-order valence-corrected chi connectivity index (χ4v) is 2.81. The Labute approximate surface area is 104 Å². The van der Waals surface area contributed by atoms with Gasteiger partial charge in [-0.05, 0) is 56.9 Å². The summed E-state index contributed by atoms with van der Waals surface area (Å²) in [6.45, 7) is 4.39. The van der Waals surface area contributed by atoms with E-state index in [1.54, 1.807) is 0 Å². The molecule has 2 aliphatic carbocycles. The number of piperidine rings is 1. The van der Waals surface area contributed by atoms with Crippen molar-refractivity contribution >= 4 is 5.91 Å². The van der Waals surface area contributed by atoms with Crippen LogP contribution in [0.1, 0.15) is 38.5 Å². The molecule has 96 valence electrons. The van der Waals surface area contributed by atoms with Crippen LogP contribution in [0, 0.1) is 17.8 Å². The van der Waals surface area contributed by atoms with E-state index in [1.807, 2.05) is 0 Å². The molecule has 1 aliphatic heterocycles. The molecule has 17 heavy (non-hydrogen) atoms. The van der Waals surface area contributed by atoms with Gasteiger partial charge in [-0.25, -0.2) is 0 Å². The van der Waals surface area contributed by atoms with Gasteiger partial charge in [0.05, 0.1) is 5.92 Å². The summed E-state index contributed by atoms with van der Waals surface area (Å²) in [6.07, 6.45) is 7.76. The highest BCUT2D eigenvalue weighted by molar-refractivity contribution is 5.79. The molecule has 1 saturated heterocycles. The molecular formula is C14H24N2O. The first-order chi connectivity index (χ1) is 8.31. The van der Waals surface area contributed by atoms with Crippen LogP contribution in [-0.4, -0.2) is 37.0 Å². The topological polar surface area (TPSA) is 32.3 Å². The zero-order chi connectivity index (χ0) is 11.7. The first-order valence-corrected chi connectivity index (χ1v) is 7.31. The molecule has 0 radical (unpaired) electrons. The van der Waals surface area contributed by atoms with E-state index in [0.717, 1.165) is 31.3 Å². The van der Waals surface area contributed by atoms with E-state index in [0.29, 0.717) is 5.91 Å². The van der Waals surface area contributed by atoms with E-state index in [1.165, 1.54) is 45.2 Å². The lowest BCUT2D eigenvalue weighted by molar-refractivity contribution is -0.126. The molecule has 1 unspecified atom stereocenters. The van der Waals surface area contributed by atoms with Crippen LogP contribution in [0.4, 0.5) is 0 Å². The van der Waals surface area contributed by atoms with Gasteiger partial charge in [0, 0.05) is 19.6 Å². The zero-order valence-electron chi connectivity index (χ0n) is 10.7. The number of amides is 1. The average molecular weight is 236 g/mol. The van der Waals surface area contributed by atoms with Gasteiger partial charge in [-0.2, -0.15) is 0 Å². The van der Waals surface area contributed by atoms with Crippen molar-refractivity contribution in [3.05, 3.63) is 0 Å². The van der Waals surface area contributed by atoms with Gasteiger partial charge in [-0.15, -0.1) is 0 Å². The summed E-state index contributed by atoms with van der Waals surface area (Å²) in [5, 5.41) is 3.14. The lowest BCUT2D eigenvalue weighted by Gasteiger charge is -2.32. The molecule has 1 amide bonds. The maximum atomic E-state index is 12.0. The smallest absolute Gasteiger partial charge is 0.224 e. The standard InChI is InChI=1S/C14H24N2O/c17-14(15-8-11-3-4-11)13-2-1-7-16(10-13)9-12-5-6-12/h11-13H,1-10H2,(H,15,17). The number of likely N-dealkylation sites (tertiary alicyclic amines) is 1. The van der Waals surface area contributed by atoms with Crippen molar-refractivity contribution in [1.29, 1.82) is 0 Å². The van der Waals surface area contributed by atoms with E-state index in [9.17, 15) is 4.79 Å².